The Bertz CT molecular complexity index is 395. The fourth-order valence-electron chi connectivity index (χ4n) is 4.65. The second kappa shape index (κ2) is 6.48. The van der Waals surface area contributed by atoms with E-state index in [2.05, 4.69) is 12.2 Å². The number of ether oxygens (including phenoxy) is 1. The molecule has 3 rings (SSSR count). The molecule has 1 aliphatic heterocycles. The van der Waals surface area contributed by atoms with Crippen LogP contribution in [0.25, 0.3) is 0 Å². The fraction of sp³-hybridized carbons (Fsp3) is 0.944. The zero-order chi connectivity index (χ0) is 15.6. The molecule has 1 heterocycles. The molecule has 1 unspecified atom stereocenters. The summed E-state index contributed by atoms with van der Waals surface area (Å²) in [6.45, 7) is 4.32. The van der Waals surface area contributed by atoms with Crippen LogP contribution < -0.4 is 5.32 Å². The highest BCUT2D eigenvalue weighted by Gasteiger charge is 2.51. The Hall–Kier alpha value is -0.610. The number of nitrogens with one attached hydrogen (secondary N) is 1. The van der Waals surface area contributed by atoms with Crippen LogP contribution in [0.1, 0.15) is 71.1 Å². The number of carboxylic acid groups (broad SMARTS) is 1. The van der Waals surface area contributed by atoms with Crippen LogP contribution in [0.15, 0.2) is 0 Å². The third-order valence-corrected chi connectivity index (χ3v) is 6.21. The van der Waals surface area contributed by atoms with Crippen molar-refractivity contribution in [1.82, 2.24) is 5.32 Å². The van der Waals surface area contributed by atoms with Gasteiger partial charge in [-0.1, -0.05) is 32.6 Å². The van der Waals surface area contributed by atoms with Crippen molar-refractivity contribution < 1.29 is 14.6 Å². The van der Waals surface area contributed by atoms with E-state index in [9.17, 15) is 4.79 Å². The average molecular weight is 309 g/mol. The Balaban J connectivity index is 1.48. The number of hydrogen-bond acceptors (Lipinski definition) is 3. The van der Waals surface area contributed by atoms with Crippen molar-refractivity contribution in [3.63, 3.8) is 0 Å². The Morgan fingerprint density at radius 1 is 1.18 bits per heavy atom. The standard InChI is InChI=1S/C18H31NO3/c1-17(7-4-2-3-5-8-17)13-19-15-6-9-22-18(12-15)10-14(11-18)16(20)21/h14-15,19H,2-13H2,1H3,(H,20,21). The lowest BCUT2D eigenvalue weighted by molar-refractivity contribution is -0.181. The summed E-state index contributed by atoms with van der Waals surface area (Å²) in [6.07, 6.45) is 11.7. The third kappa shape index (κ3) is 3.65. The van der Waals surface area contributed by atoms with Gasteiger partial charge in [0.2, 0.25) is 0 Å². The summed E-state index contributed by atoms with van der Waals surface area (Å²) < 4.78 is 5.95. The van der Waals surface area contributed by atoms with E-state index in [1.807, 2.05) is 0 Å². The summed E-state index contributed by atoms with van der Waals surface area (Å²) in [5.41, 5.74) is 0.314. The molecule has 1 atom stereocenters. The minimum absolute atomic E-state index is 0.136. The normalized spacial score (nSPS) is 38.2. The molecule has 1 saturated heterocycles. The van der Waals surface area contributed by atoms with Gasteiger partial charge in [-0.3, -0.25) is 4.79 Å². The van der Waals surface area contributed by atoms with Crippen LogP contribution in [0.4, 0.5) is 0 Å². The molecule has 0 amide bonds. The Morgan fingerprint density at radius 2 is 1.86 bits per heavy atom. The van der Waals surface area contributed by atoms with Gasteiger partial charge in [-0.2, -0.15) is 0 Å². The highest BCUT2D eigenvalue weighted by atomic mass is 16.5. The zero-order valence-corrected chi connectivity index (χ0v) is 13.9. The van der Waals surface area contributed by atoms with Crippen LogP contribution >= 0.6 is 0 Å². The fourth-order valence-corrected chi connectivity index (χ4v) is 4.65. The number of hydrogen-bond donors (Lipinski definition) is 2. The van der Waals surface area contributed by atoms with E-state index in [1.54, 1.807) is 0 Å². The van der Waals surface area contributed by atoms with Crippen LogP contribution in [0, 0.1) is 11.3 Å². The summed E-state index contributed by atoms with van der Waals surface area (Å²) in [5, 5.41) is 12.9. The maximum atomic E-state index is 11.0. The number of carbonyl (C=O) groups is 1. The van der Waals surface area contributed by atoms with Crippen LogP contribution in [0.3, 0.4) is 0 Å². The van der Waals surface area contributed by atoms with Crippen molar-refractivity contribution >= 4 is 5.97 Å². The molecule has 0 aromatic heterocycles. The van der Waals surface area contributed by atoms with Gasteiger partial charge in [-0.05, 0) is 43.9 Å². The minimum Gasteiger partial charge on any atom is -0.481 e. The van der Waals surface area contributed by atoms with Crippen LogP contribution in [-0.2, 0) is 9.53 Å². The molecule has 4 nitrogen and oxygen atoms in total. The largest absolute Gasteiger partial charge is 0.481 e. The minimum atomic E-state index is -0.657. The lowest BCUT2D eigenvalue weighted by Crippen LogP contribution is -2.56. The Morgan fingerprint density at radius 3 is 2.50 bits per heavy atom. The first-order chi connectivity index (χ1) is 10.5. The Labute approximate surface area is 134 Å². The molecule has 3 aliphatic rings. The van der Waals surface area contributed by atoms with Gasteiger partial charge in [-0.25, -0.2) is 0 Å². The van der Waals surface area contributed by atoms with E-state index in [1.165, 1.54) is 38.5 Å². The van der Waals surface area contributed by atoms with E-state index in [4.69, 9.17) is 9.84 Å². The van der Waals surface area contributed by atoms with E-state index in [-0.39, 0.29) is 11.5 Å². The first kappa shape index (κ1) is 16.3. The van der Waals surface area contributed by atoms with Crippen molar-refractivity contribution in [3.05, 3.63) is 0 Å². The highest BCUT2D eigenvalue weighted by Crippen LogP contribution is 2.46. The molecule has 2 saturated carbocycles. The lowest BCUT2D eigenvalue weighted by Gasteiger charge is -2.50. The first-order valence-corrected chi connectivity index (χ1v) is 9.11. The summed E-state index contributed by atoms with van der Waals surface area (Å²) in [4.78, 5) is 11.0. The molecule has 0 aromatic carbocycles. The predicted octanol–water partition coefficient (Wildman–Crippen LogP) is 3.35. The third-order valence-electron chi connectivity index (χ3n) is 6.21. The molecular formula is C18H31NO3. The quantitative estimate of drug-likeness (QED) is 0.782. The maximum Gasteiger partial charge on any atom is 0.306 e. The molecule has 0 bridgehead atoms. The first-order valence-electron chi connectivity index (χ1n) is 9.11. The molecule has 126 valence electrons. The van der Waals surface area contributed by atoms with Crippen molar-refractivity contribution in [2.75, 3.05) is 13.2 Å². The van der Waals surface area contributed by atoms with Crippen LogP contribution in [0.2, 0.25) is 0 Å². The number of carboxylic acids is 1. The molecule has 22 heavy (non-hydrogen) atoms. The van der Waals surface area contributed by atoms with Crippen molar-refractivity contribution in [2.24, 2.45) is 11.3 Å². The van der Waals surface area contributed by atoms with Crippen molar-refractivity contribution in [2.45, 2.75) is 82.8 Å². The second-order valence-electron chi connectivity index (χ2n) is 8.27. The topological polar surface area (TPSA) is 58.6 Å². The SMILES string of the molecule is CC1(CNC2CCOC3(C2)CC(C(=O)O)C3)CCCCCC1. The Kier molecular flexibility index (Phi) is 4.79. The molecule has 0 radical (unpaired) electrons. The zero-order valence-electron chi connectivity index (χ0n) is 13.9. The molecule has 2 aliphatic carbocycles. The van der Waals surface area contributed by atoms with Gasteiger partial charge in [0.25, 0.3) is 0 Å². The van der Waals surface area contributed by atoms with E-state index < -0.39 is 5.97 Å². The van der Waals surface area contributed by atoms with Crippen molar-refractivity contribution in [1.29, 1.82) is 0 Å². The van der Waals surface area contributed by atoms with Gasteiger partial charge in [0.15, 0.2) is 0 Å². The molecule has 3 fully saturated rings. The number of aliphatic carboxylic acids is 1. The molecule has 0 aromatic rings. The summed E-state index contributed by atoms with van der Waals surface area (Å²) >= 11 is 0. The van der Waals surface area contributed by atoms with Gasteiger partial charge in [0, 0.05) is 19.2 Å². The monoisotopic (exact) mass is 309 g/mol. The average Bonchev–Trinajstić information content (AvgIpc) is 2.68. The van der Waals surface area contributed by atoms with Crippen molar-refractivity contribution in [3.8, 4) is 0 Å². The summed E-state index contributed by atoms with van der Waals surface area (Å²) in [7, 11) is 0. The van der Waals surface area contributed by atoms with Gasteiger partial charge < -0.3 is 15.2 Å². The maximum absolute atomic E-state index is 11.0. The molecule has 2 N–H and O–H groups in total. The van der Waals surface area contributed by atoms with Gasteiger partial charge in [0.1, 0.15) is 0 Å². The highest BCUT2D eigenvalue weighted by molar-refractivity contribution is 5.71. The van der Waals surface area contributed by atoms with Crippen LogP contribution in [-0.4, -0.2) is 35.9 Å². The number of rotatable bonds is 4. The molecule has 1 spiro atoms. The van der Waals surface area contributed by atoms with E-state index >= 15 is 0 Å². The van der Waals surface area contributed by atoms with Gasteiger partial charge >= 0.3 is 5.97 Å². The van der Waals surface area contributed by atoms with Gasteiger partial charge in [-0.15, -0.1) is 0 Å². The predicted molar refractivity (Wildman–Crippen MR) is 85.9 cm³/mol. The van der Waals surface area contributed by atoms with E-state index in [0.29, 0.717) is 24.3 Å². The summed E-state index contributed by atoms with van der Waals surface area (Å²) in [6, 6.07) is 0.503. The second-order valence-corrected chi connectivity index (χ2v) is 8.27. The van der Waals surface area contributed by atoms with Gasteiger partial charge in [0.05, 0.1) is 11.5 Å². The smallest absolute Gasteiger partial charge is 0.306 e. The summed E-state index contributed by atoms with van der Waals surface area (Å²) in [5.74, 6) is -0.839. The lowest BCUT2D eigenvalue weighted by atomic mass is 9.66. The van der Waals surface area contributed by atoms with E-state index in [0.717, 1.165) is 26.0 Å². The molecule has 4 heteroatoms. The molecular weight excluding hydrogens is 278 g/mol. The van der Waals surface area contributed by atoms with Crippen LogP contribution in [0.5, 0.6) is 0 Å².